The number of likely N-dealkylation sites (tertiary alicyclic amines) is 1. The number of piperidine rings is 1. The number of alkyl carbamates (subject to hydrolysis) is 1. The first-order chi connectivity index (χ1) is 16.8. The minimum Gasteiger partial charge on any atom is -0.449 e. The molecule has 0 saturated carbocycles. The maximum absolute atomic E-state index is 12.5. The zero-order chi connectivity index (χ0) is 24.9. The minimum atomic E-state index is -0.411. The lowest BCUT2D eigenvalue weighted by molar-refractivity contribution is -0.117. The van der Waals surface area contributed by atoms with Crippen LogP contribution >= 0.6 is 0 Å². The molecule has 2 atom stereocenters. The first kappa shape index (κ1) is 25.2. The highest BCUT2D eigenvalue weighted by molar-refractivity contribution is 5.94. The first-order valence-electron chi connectivity index (χ1n) is 13.0. The molecule has 35 heavy (non-hydrogen) atoms. The summed E-state index contributed by atoms with van der Waals surface area (Å²) in [5.74, 6) is 0.283. The number of benzene rings is 2. The SMILES string of the molecule is CC(=O)N1c2ccc(-c3ccc(CN4CCCCC4)cc3)cc2C(NC(=O)OCC(C)C)CC1C. The normalized spacial score (nSPS) is 20.4. The molecule has 0 aliphatic carbocycles. The Morgan fingerprint density at radius 2 is 1.71 bits per heavy atom. The Bertz CT molecular complexity index is 1030. The third-order valence-electron chi connectivity index (χ3n) is 7.00. The second kappa shape index (κ2) is 11.3. The summed E-state index contributed by atoms with van der Waals surface area (Å²) < 4.78 is 5.39. The number of rotatable bonds is 6. The Morgan fingerprint density at radius 1 is 1.03 bits per heavy atom. The fourth-order valence-electron chi connectivity index (χ4n) is 5.26. The lowest BCUT2D eigenvalue weighted by atomic mass is 9.89. The van der Waals surface area contributed by atoms with Crippen molar-refractivity contribution in [3.63, 3.8) is 0 Å². The smallest absolute Gasteiger partial charge is 0.407 e. The van der Waals surface area contributed by atoms with Crippen LogP contribution in [-0.2, 0) is 16.1 Å². The third kappa shape index (κ3) is 6.23. The lowest BCUT2D eigenvalue weighted by Crippen LogP contribution is -2.45. The minimum absolute atomic E-state index is 0.00870. The van der Waals surface area contributed by atoms with E-state index in [0.29, 0.717) is 13.0 Å². The molecule has 0 spiro atoms. The summed E-state index contributed by atoms with van der Waals surface area (Å²) in [5.41, 5.74) is 5.35. The summed E-state index contributed by atoms with van der Waals surface area (Å²) in [6, 6.07) is 14.7. The van der Waals surface area contributed by atoms with Crippen molar-refractivity contribution in [3.05, 3.63) is 53.6 Å². The molecule has 2 amide bonds. The average molecular weight is 478 g/mol. The highest BCUT2D eigenvalue weighted by Gasteiger charge is 2.33. The molecule has 6 heteroatoms. The van der Waals surface area contributed by atoms with Gasteiger partial charge in [0, 0.05) is 25.2 Å². The number of anilines is 1. The fraction of sp³-hybridized carbons (Fsp3) is 0.517. The summed E-state index contributed by atoms with van der Waals surface area (Å²) >= 11 is 0. The third-order valence-corrected chi connectivity index (χ3v) is 7.00. The van der Waals surface area contributed by atoms with Crippen LogP contribution < -0.4 is 10.2 Å². The van der Waals surface area contributed by atoms with E-state index in [9.17, 15) is 9.59 Å². The molecule has 0 bridgehead atoms. The van der Waals surface area contributed by atoms with Crippen LogP contribution in [0.3, 0.4) is 0 Å². The predicted octanol–water partition coefficient (Wildman–Crippen LogP) is 5.91. The Hall–Kier alpha value is -2.86. The molecular weight excluding hydrogens is 438 g/mol. The standard InChI is InChI=1S/C29H39N3O3/c1-20(2)19-35-29(34)30-27-16-21(3)32(22(4)33)28-13-12-25(17-26(27)28)24-10-8-23(9-11-24)18-31-14-6-5-7-15-31/h8-13,17,20-21,27H,5-7,14-16,18-19H2,1-4H3,(H,30,34). The average Bonchev–Trinajstić information content (AvgIpc) is 2.83. The molecule has 1 fully saturated rings. The number of hydrogen-bond acceptors (Lipinski definition) is 4. The highest BCUT2D eigenvalue weighted by Crippen LogP contribution is 2.39. The summed E-state index contributed by atoms with van der Waals surface area (Å²) in [6.45, 7) is 11.4. The van der Waals surface area contributed by atoms with Crippen LogP contribution in [-0.4, -0.2) is 42.6 Å². The number of nitrogens with one attached hydrogen (secondary N) is 1. The first-order valence-corrected chi connectivity index (χ1v) is 13.0. The van der Waals surface area contributed by atoms with Gasteiger partial charge in [-0.1, -0.05) is 50.6 Å². The monoisotopic (exact) mass is 477 g/mol. The number of amides is 2. The van der Waals surface area contributed by atoms with E-state index in [1.165, 1.54) is 37.9 Å². The Labute approximate surface area is 209 Å². The van der Waals surface area contributed by atoms with Crippen LogP contribution in [0.2, 0.25) is 0 Å². The molecule has 2 aliphatic rings. The summed E-state index contributed by atoms with van der Waals surface area (Å²) in [4.78, 5) is 29.3. The number of carbonyl (C=O) groups excluding carboxylic acids is 2. The van der Waals surface area contributed by atoms with Gasteiger partial charge in [0.15, 0.2) is 0 Å². The van der Waals surface area contributed by atoms with Crippen molar-refractivity contribution in [2.24, 2.45) is 5.92 Å². The molecule has 1 saturated heterocycles. The Kier molecular flexibility index (Phi) is 8.11. The van der Waals surface area contributed by atoms with Crippen LogP contribution in [0.15, 0.2) is 42.5 Å². The van der Waals surface area contributed by atoms with Crippen molar-refractivity contribution in [1.29, 1.82) is 0 Å². The molecule has 2 aromatic rings. The molecular formula is C29H39N3O3. The molecule has 2 aromatic carbocycles. The molecule has 6 nitrogen and oxygen atoms in total. The van der Waals surface area contributed by atoms with Gasteiger partial charge in [0.05, 0.1) is 12.6 Å². The topological polar surface area (TPSA) is 61.9 Å². The van der Waals surface area contributed by atoms with Crippen molar-refractivity contribution in [3.8, 4) is 11.1 Å². The highest BCUT2D eigenvalue weighted by atomic mass is 16.5. The van der Waals surface area contributed by atoms with Crippen molar-refractivity contribution in [2.45, 2.75) is 72.0 Å². The molecule has 0 aromatic heterocycles. The van der Waals surface area contributed by atoms with Crippen LogP contribution in [0.5, 0.6) is 0 Å². The molecule has 188 valence electrons. The number of fused-ring (bicyclic) bond motifs is 1. The van der Waals surface area contributed by atoms with Gasteiger partial charge in [0.25, 0.3) is 0 Å². The summed E-state index contributed by atoms with van der Waals surface area (Å²) in [6.07, 6.45) is 4.17. The number of hydrogen-bond donors (Lipinski definition) is 1. The molecule has 0 radical (unpaired) electrons. The van der Waals surface area contributed by atoms with Gasteiger partial charge < -0.3 is 15.0 Å². The lowest BCUT2D eigenvalue weighted by Gasteiger charge is -2.39. The number of carbonyl (C=O) groups is 2. The van der Waals surface area contributed by atoms with E-state index < -0.39 is 6.09 Å². The van der Waals surface area contributed by atoms with E-state index in [2.05, 4.69) is 46.6 Å². The van der Waals surface area contributed by atoms with Crippen molar-refractivity contribution < 1.29 is 14.3 Å². The van der Waals surface area contributed by atoms with E-state index >= 15 is 0 Å². The zero-order valence-electron chi connectivity index (χ0n) is 21.5. The molecule has 2 heterocycles. The van der Waals surface area contributed by atoms with Gasteiger partial charge in [0.2, 0.25) is 5.91 Å². The summed E-state index contributed by atoms with van der Waals surface area (Å²) in [7, 11) is 0. The van der Waals surface area contributed by atoms with E-state index in [0.717, 1.165) is 28.9 Å². The van der Waals surface area contributed by atoms with Crippen LogP contribution in [0.4, 0.5) is 10.5 Å². The van der Waals surface area contributed by atoms with Crippen molar-refractivity contribution >= 4 is 17.7 Å². The maximum atomic E-state index is 12.5. The van der Waals surface area contributed by atoms with E-state index in [-0.39, 0.29) is 23.9 Å². The van der Waals surface area contributed by atoms with Gasteiger partial charge in [-0.25, -0.2) is 4.79 Å². The Morgan fingerprint density at radius 3 is 2.37 bits per heavy atom. The van der Waals surface area contributed by atoms with Gasteiger partial charge in [-0.05, 0) is 79.6 Å². The van der Waals surface area contributed by atoms with Gasteiger partial charge >= 0.3 is 6.09 Å². The van der Waals surface area contributed by atoms with Crippen LogP contribution in [0.25, 0.3) is 11.1 Å². The van der Waals surface area contributed by atoms with E-state index in [4.69, 9.17) is 4.74 Å². The molecule has 2 unspecified atom stereocenters. The van der Waals surface area contributed by atoms with Gasteiger partial charge in [-0.2, -0.15) is 0 Å². The van der Waals surface area contributed by atoms with Crippen LogP contribution in [0, 0.1) is 5.92 Å². The zero-order valence-corrected chi connectivity index (χ0v) is 21.5. The van der Waals surface area contributed by atoms with Crippen LogP contribution in [0.1, 0.15) is 70.5 Å². The van der Waals surface area contributed by atoms with Gasteiger partial charge in [-0.15, -0.1) is 0 Å². The van der Waals surface area contributed by atoms with E-state index in [1.807, 2.05) is 31.7 Å². The van der Waals surface area contributed by atoms with Gasteiger partial charge in [-0.3, -0.25) is 9.69 Å². The van der Waals surface area contributed by atoms with E-state index in [1.54, 1.807) is 6.92 Å². The number of ether oxygens (including phenoxy) is 1. The quantitative estimate of drug-likeness (QED) is 0.562. The predicted molar refractivity (Wildman–Crippen MR) is 140 cm³/mol. The number of nitrogens with zero attached hydrogens (tertiary/aromatic N) is 2. The largest absolute Gasteiger partial charge is 0.449 e. The molecule has 1 N–H and O–H groups in total. The molecule has 4 rings (SSSR count). The second-order valence-electron chi connectivity index (χ2n) is 10.5. The second-order valence-corrected chi connectivity index (χ2v) is 10.5. The summed E-state index contributed by atoms with van der Waals surface area (Å²) in [5, 5.41) is 3.05. The fourth-order valence-corrected chi connectivity index (χ4v) is 5.26. The molecule has 2 aliphatic heterocycles. The Balaban J connectivity index is 1.57. The van der Waals surface area contributed by atoms with Crippen molar-refractivity contribution in [1.82, 2.24) is 10.2 Å². The van der Waals surface area contributed by atoms with Crippen molar-refractivity contribution in [2.75, 3.05) is 24.6 Å². The maximum Gasteiger partial charge on any atom is 0.407 e. The van der Waals surface area contributed by atoms with Gasteiger partial charge in [0.1, 0.15) is 0 Å².